The normalized spacial score (nSPS) is 13.3. The highest BCUT2D eigenvalue weighted by Crippen LogP contribution is 2.25. The fourth-order valence-corrected chi connectivity index (χ4v) is 2.07. The predicted octanol–water partition coefficient (Wildman–Crippen LogP) is 1.54. The van der Waals surface area contributed by atoms with Gasteiger partial charge in [-0.1, -0.05) is 13.8 Å². The first-order valence-corrected chi connectivity index (χ1v) is 6.88. The van der Waals surface area contributed by atoms with Crippen LogP contribution >= 0.6 is 0 Å². The number of hydrogen-bond acceptors (Lipinski definition) is 3. The fraction of sp³-hybridized carbons (Fsp3) is 0.714. The first kappa shape index (κ1) is 15.7. The zero-order valence-corrected chi connectivity index (χ0v) is 12.2. The predicted molar refractivity (Wildman–Crippen MR) is 76.5 cm³/mol. The summed E-state index contributed by atoms with van der Waals surface area (Å²) in [6.45, 7) is 7.73. The molecule has 1 aromatic heterocycles. The maximum Gasteiger partial charge on any atom is 0.220 e. The van der Waals surface area contributed by atoms with Crippen LogP contribution in [0, 0.1) is 5.41 Å². The molecule has 108 valence electrons. The average molecular weight is 266 g/mol. The van der Waals surface area contributed by atoms with Crippen LogP contribution in [-0.2, 0) is 11.3 Å². The quantitative estimate of drug-likeness (QED) is 0.749. The Bertz CT molecular complexity index is 373. The van der Waals surface area contributed by atoms with Gasteiger partial charge in [0.2, 0.25) is 5.91 Å². The van der Waals surface area contributed by atoms with E-state index in [1.54, 1.807) is 12.5 Å². The van der Waals surface area contributed by atoms with Gasteiger partial charge in [-0.25, -0.2) is 4.98 Å². The number of imidazole rings is 1. The molecule has 1 atom stereocenters. The molecule has 1 aromatic rings. The van der Waals surface area contributed by atoms with Gasteiger partial charge in [0.05, 0.1) is 6.33 Å². The highest BCUT2D eigenvalue weighted by molar-refractivity contribution is 5.76. The van der Waals surface area contributed by atoms with Crippen LogP contribution in [-0.4, -0.2) is 28.0 Å². The second-order valence-corrected chi connectivity index (χ2v) is 5.93. The molecule has 0 saturated carbocycles. The molecule has 1 unspecified atom stereocenters. The topological polar surface area (TPSA) is 72.9 Å². The Kier molecular flexibility index (Phi) is 6.02. The lowest BCUT2D eigenvalue weighted by Crippen LogP contribution is -2.36. The molecule has 5 heteroatoms. The number of hydrogen-bond donors (Lipinski definition) is 2. The summed E-state index contributed by atoms with van der Waals surface area (Å²) in [6, 6.07) is 0.110. The molecule has 3 N–H and O–H groups in total. The fourth-order valence-electron chi connectivity index (χ4n) is 2.07. The maximum atomic E-state index is 11.9. The van der Waals surface area contributed by atoms with Gasteiger partial charge in [-0.2, -0.15) is 0 Å². The molecular formula is C14H26N4O. The van der Waals surface area contributed by atoms with E-state index >= 15 is 0 Å². The summed E-state index contributed by atoms with van der Waals surface area (Å²) in [4.78, 5) is 15.8. The third-order valence-corrected chi connectivity index (χ3v) is 3.30. The van der Waals surface area contributed by atoms with E-state index in [-0.39, 0.29) is 17.4 Å². The van der Waals surface area contributed by atoms with Crippen molar-refractivity contribution in [3.63, 3.8) is 0 Å². The Morgan fingerprint density at radius 2 is 2.21 bits per heavy atom. The van der Waals surface area contributed by atoms with Gasteiger partial charge in [-0.3, -0.25) is 4.79 Å². The number of nitrogens with one attached hydrogen (secondary N) is 1. The first-order chi connectivity index (χ1) is 8.93. The zero-order valence-electron chi connectivity index (χ0n) is 12.2. The molecule has 0 radical (unpaired) electrons. The van der Waals surface area contributed by atoms with Crippen molar-refractivity contribution in [2.45, 2.75) is 52.6 Å². The SMILES string of the molecule is CC(Cn1ccnc1)NC(=O)CCC(C)(C)CCN. The summed E-state index contributed by atoms with van der Waals surface area (Å²) in [7, 11) is 0. The van der Waals surface area contributed by atoms with Crippen LogP contribution < -0.4 is 11.1 Å². The van der Waals surface area contributed by atoms with Crippen molar-refractivity contribution in [2.75, 3.05) is 6.54 Å². The lowest BCUT2D eigenvalue weighted by Gasteiger charge is -2.24. The molecule has 1 heterocycles. The van der Waals surface area contributed by atoms with Crippen molar-refractivity contribution in [3.05, 3.63) is 18.7 Å². The Labute approximate surface area is 115 Å². The highest BCUT2D eigenvalue weighted by atomic mass is 16.1. The number of carbonyl (C=O) groups is 1. The first-order valence-electron chi connectivity index (χ1n) is 6.88. The van der Waals surface area contributed by atoms with E-state index in [1.807, 2.05) is 17.7 Å². The number of aromatic nitrogens is 2. The monoisotopic (exact) mass is 266 g/mol. The third kappa shape index (κ3) is 6.38. The second kappa shape index (κ2) is 7.28. The van der Waals surface area contributed by atoms with Crippen LogP contribution in [0.3, 0.4) is 0 Å². The Morgan fingerprint density at radius 1 is 1.47 bits per heavy atom. The lowest BCUT2D eigenvalue weighted by molar-refractivity contribution is -0.122. The molecule has 5 nitrogen and oxygen atoms in total. The van der Waals surface area contributed by atoms with Crippen molar-refractivity contribution >= 4 is 5.91 Å². The lowest BCUT2D eigenvalue weighted by atomic mass is 9.84. The summed E-state index contributed by atoms with van der Waals surface area (Å²) in [5.41, 5.74) is 5.71. The zero-order chi connectivity index (χ0) is 14.3. The molecule has 19 heavy (non-hydrogen) atoms. The van der Waals surface area contributed by atoms with Gasteiger partial charge in [0.1, 0.15) is 0 Å². The van der Waals surface area contributed by atoms with E-state index in [2.05, 4.69) is 24.1 Å². The second-order valence-electron chi connectivity index (χ2n) is 5.93. The van der Waals surface area contributed by atoms with E-state index in [9.17, 15) is 4.79 Å². The van der Waals surface area contributed by atoms with Crippen molar-refractivity contribution in [3.8, 4) is 0 Å². The third-order valence-electron chi connectivity index (χ3n) is 3.30. The van der Waals surface area contributed by atoms with Crippen LogP contribution in [0.2, 0.25) is 0 Å². The minimum absolute atomic E-state index is 0.109. The largest absolute Gasteiger partial charge is 0.352 e. The summed E-state index contributed by atoms with van der Waals surface area (Å²) < 4.78 is 1.96. The number of rotatable bonds is 8. The van der Waals surface area contributed by atoms with Crippen LogP contribution in [0.25, 0.3) is 0 Å². The van der Waals surface area contributed by atoms with Crippen molar-refractivity contribution in [1.29, 1.82) is 0 Å². The van der Waals surface area contributed by atoms with E-state index < -0.39 is 0 Å². The number of nitrogens with two attached hydrogens (primary N) is 1. The Morgan fingerprint density at radius 3 is 2.79 bits per heavy atom. The van der Waals surface area contributed by atoms with Crippen LogP contribution in [0.15, 0.2) is 18.7 Å². The molecule has 1 amide bonds. The van der Waals surface area contributed by atoms with E-state index in [1.165, 1.54) is 0 Å². The maximum absolute atomic E-state index is 11.9. The van der Waals surface area contributed by atoms with Gasteiger partial charge in [-0.05, 0) is 31.7 Å². The average Bonchev–Trinajstić information content (AvgIpc) is 2.79. The van der Waals surface area contributed by atoms with Gasteiger partial charge in [0.25, 0.3) is 0 Å². The Balaban J connectivity index is 2.27. The van der Waals surface area contributed by atoms with Gasteiger partial charge < -0.3 is 15.6 Å². The molecule has 1 rings (SSSR count). The minimum atomic E-state index is 0.109. The van der Waals surface area contributed by atoms with E-state index in [4.69, 9.17) is 5.73 Å². The molecule has 0 fully saturated rings. The van der Waals surface area contributed by atoms with Crippen molar-refractivity contribution < 1.29 is 4.79 Å². The number of amides is 1. The molecule has 0 saturated heterocycles. The number of carbonyl (C=O) groups excluding carboxylic acids is 1. The van der Waals surface area contributed by atoms with Crippen LogP contribution in [0.4, 0.5) is 0 Å². The van der Waals surface area contributed by atoms with Crippen LogP contribution in [0.5, 0.6) is 0 Å². The summed E-state index contributed by atoms with van der Waals surface area (Å²) in [5, 5.41) is 3.01. The standard InChI is InChI=1S/C14H26N4O/c1-12(10-18-9-8-16-11-18)17-13(19)4-5-14(2,3)6-7-15/h8-9,11-12H,4-7,10,15H2,1-3H3,(H,17,19). The summed E-state index contributed by atoms with van der Waals surface area (Å²) in [6.07, 6.45) is 7.77. The molecular weight excluding hydrogens is 240 g/mol. The van der Waals surface area contributed by atoms with Crippen LogP contribution in [0.1, 0.15) is 40.0 Å². The molecule has 0 bridgehead atoms. The summed E-state index contributed by atoms with van der Waals surface area (Å²) in [5.74, 6) is 0.109. The van der Waals surface area contributed by atoms with Gasteiger partial charge in [0.15, 0.2) is 0 Å². The van der Waals surface area contributed by atoms with Gasteiger partial charge in [0, 0.05) is 31.4 Å². The van der Waals surface area contributed by atoms with E-state index in [0.29, 0.717) is 13.0 Å². The van der Waals surface area contributed by atoms with Gasteiger partial charge in [-0.15, -0.1) is 0 Å². The molecule has 0 aliphatic heterocycles. The summed E-state index contributed by atoms with van der Waals surface area (Å²) >= 11 is 0. The van der Waals surface area contributed by atoms with E-state index in [0.717, 1.165) is 19.4 Å². The molecule has 0 aliphatic rings. The smallest absolute Gasteiger partial charge is 0.220 e. The van der Waals surface area contributed by atoms with Crippen molar-refractivity contribution in [1.82, 2.24) is 14.9 Å². The molecule has 0 aliphatic carbocycles. The van der Waals surface area contributed by atoms with Gasteiger partial charge >= 0.3 is 0 Å². The Hall–Kier alpha value is -1.36. The van der Waals surface area contributed by atoms with Crippen molar-refractivity contribution in [2.24, 2.45) is 11.1 Å². The molecule has 0 aromatic carbocycles. The highest BCUT2D eigenvalue weighted by Gasteiger charge is 2.18. The number of nitrogens with zero attached hydrogens (tertiary/aromatic N) is 2. The minimum Gasteiger partial charge on any atom is -0.352 e. The molecule has 0 spiro atoms.